The molecule has 0 saturated carbocycles. The van der Waals surface area contributed by atoms with E-state index in [4.69, 9.17) is 16.9 Å². The van der Waals surface area contributed by atoms with Crippen molar-refractivity contribution in [1.82, 2.24) is 33.9 Å². The molecule has 0 radical (unpaired) electrons. The molecule has 0 unspecified atom stereocenters. The summed E-state index contributed by atoms with van der Waals surface area (Å²) >= 11 is 6.08. The number of hydrogen-bond donors (Lipinski definition) is 0. The van der Waals surface area contributed by atoms with Crippen molar-refractivity contribution in [2.24, 2.45) is 7.05 Å². The van der Waals surface area contributed by atoms with Crippen LogP contribution in [0.4, 0.5) is 22.0 Å². The molecule has 0 spiro atoms. The van der Waals surface area contributed by atoms with Crippen molar-refractivity contribution in [3.63, 3.8) is 0 Å². The number of sulfone groups is 1. The number of hydrogen-bond acceptors (Lipinski definition) is 8. The Morgan fingerprint density at radius 3 is 2.42 bits per heavy atom. The number of fused-ring (bicyclic) bond motifs is 1. The van der Waals surface area contributed by atoms with Crippen molar-refractivity contribution in [2.75, 3.05) is 5.75 Å². The normalized spacial score (nSPS) is 12.5. The van der Waals surface area contributed by atoms with Crippen LogP contribution in [0.2, 0.25) is 5.02 Å². The van der Waals surface area contributed by atoms with Crippen molar-refractivity contribution in [2.45, 2.75) is 23.9 Å². The highest BCUT2D eigenvalue weighted by molar-refractivity contribution is 7.91. The number of aryl methyl sites for hydroxylation is 1. The zero-order valence-corrected chi connectivity index (χ0v) is 23.4. The molecule has 5 aromatic rings. The number of benzene rings is 1. The molecule has 0 fully saturated rings. The fourth-order valence-corrected chi connectivity index (χ4v) is 5.36. The van der Waals surface area contributed by atoms with Crippen LogP contribution in [0.1, 0.15) is 18.1 Å². The Balaban J connectivity index is 1.69. The van der Waals surface area contributed by atoms with Crippen LogP contribution in [0.15, 0.2) is 58.6 Å². The van der Waals surface area contributed by atoms with Gasteiger partial charge in [0, 0.05) is 13.2 Å². The molecule has 0 aliphatic heterocycles. The summed E-state index contributed by atoms with van der Waals surface area (Å²) in [5, 5.41) is 13.2. The summed E-state index contributed by atoms with van der Waals surface area (Å²) in [5.74, 6) is -6.01. The Labute approximate surface area is 243 Å². The molecule has 0 N–H and O–H groups in total. The topological polar surface area (TPSA) is 141 Å². The predicted octanol–water partition coefficient (Wildman–Crippen LogP) is 4.34. The number of nitrogens with zero attached hydrogens (tertiary/aromatic N) is 8. The van der Waals surface area contributed by atoms with Gasteiger partial charge in [-0.1, -0.05) is 18.5 Å². The van der Waals surface area contributed by atoms with E-state index in [2.05, 4.69) is 20.1 Å². The number of imidazole rings is 1. The van der Waals surface area contributed by atoms with Crippen molar-refractivity contribution in [3.8, 4) is 29.1 Å². The van der Waals surface area contributed by atoms with E-state index in [1.54, 1.807) is 0 Å². The zero-order valence-electron chi connectivity index (χ0n) is 21.8. The Kier molecular flexibility index (Phi) is 7.09. The molecule has 0 saturated heterocycles. The Bertz CT molecular complexity index is 2130. The molecule has 11 nitrogen and oxygen atoms in total. The van der Waals surface area contributed by atoms with Gasteiger partial charge in [-0.25, -0.2) is 32.7 Å². The third-order valence-electron chi connectivity index (χ3n) is 6.44. The smallest absolute Gasteiger partial charge is 0.310 e. The van der Waals surface area contributed by atoms with Gasteiger partial charge in [-0.15, -0.1) is 0 Å². The number of rotatable bonds is 6. The molecular weight excluding hydrogens is 623 g/mol. The summed E-state index contributed by atoms with van der Waals surface area (Å²) in [4.78, 5) is 25.0. The van der Waals surface area contributed by atoms with E-state index in [0.29, 0.717) is 12.3 Å². The first-order valence-electron chi connectivity index (χ1n) is 12.0. The number of aromatic nitrogens is 7. The van der Waals surface area contributed by atoms with Gasteiger partial charge in [0.1, 0.15) is 23.6 Å². The lowest BCUT2D eigenvalue weighted by Crippen LogP contribution is -2.33. The van der Waals surface area contributed by atoms with Gasteiger partial charge >= 0.3 is 17.8 Å². The van der Waals surface area contributed by atoms with Gasteiger partial charge in [-0.3, -0.25) is 0 Å². The van der Waals surface area contributed by atoms with Crippen molar-refractivity contribution in [3.05, 3.63) is 75.6 Å². The van der Waals surface area contributed by atoms with Gasteiger partial charge in [0.05, 0.1) is 32.5 Å². The van der Waals surface area contributed by atoms with Crippen LogP contribution in [0.5, 0.6) is 0 Å². The highest BCUT2D eigenvalue weighted by atomic mass is 35.5. The monoisotopic (exact) mass is 638 g/mol. The number of pyridine rings is 2. The minimum absolute atomic E-state index is 0.0841. The van der Waals surface area contributed by atoms with E-state index in [0.717, 1.165) is 21.6 Å². The van der Waals surface area contributed by atoms with Gasteiger partial charge < -0.3 is 4.57 Å². The molecule has 18 heteroatoms. The first kappa shape index (κ1) is 29.8. The minimum atomic E-state index is -5.89. The van der Waals surface area contributed by atoms with Crippen LogP contribution >= 0.6 is 11.6 Å². The molecule has 1 aromatic carbocycles. The number of nitriles is 1. The van der Waals surface area contributed by atoms with E-state index < -0.39 is 33.2 Å². The van der Waals surface area contributed by atoms with Crippen LogP contribution in [0.3, 0.4) is 0 Å². The molecular formula is C25H16ClF5N8O3S. The van der Waals surface area contributed by atoms with Gasteiger partial charge in [0.15, 0.2) is 27.1 Å². The largest absolute Gasteiger partial charge is 0.458 e. The summed E-state index contributed by atoms with van der Waals surface area (Å²) in [7, 11) is -2.66. The second kappa shape index (κ2) is 10.2. The SMILES string of the molecule is CCS(=O)(=O)c1ccc(-n2ncn(-c3ccc(C#N)c(Cl)c3)c2=O)nc1-c1nc2cc(C(F)(F)C(F)(F)F)cnc2n1C. The van der Waals surface area contributed by atoms with Crippen molar-refractivity contribution >= 4 is 32.6 Å². The molecule has 4 aromatic heterocycles. The van der Waals surface area contributed by atoms with Crippen LogP contribution in [0, 0.1) is 11.3 Å². The number of halogens is 6. The van der Waals surface area contributed by atoms with E-state index in [9.17, 15) is 35.2 Å². The highest BCUT2D eigenvalue weighted by Gasteiger charge is 2.59. The van der Waals surface area contributed by atoms with Gasteiger partial charge in [0.25, 0.3) is 0 Å². The van der Waals surface area contributed by atoms with Crippen LogP contribution < -0.4 is 5.69 Å². The first-order valence-corrected chi connectivity index (χ1v) is 14.0. The average Bonchev–Trinajstić information content (AvgIpc) is 3.51. The standard InChI is InChI=1S/C25H16ClF5N8O3S/c1-3-43(41,42)18-6-7-19(39-23(40)38(12-34-39)15-5-4-13(10-32)16(26)9-15)36-20(18)22-35-17-8-14(11-33-21(17)37(22)2)24(27,28)25(29,30)31/h4-9,11-12H,3H2,1-2H3. The van der Waals surface area contributed by atoms with Gasteiger partial charge in [-0.2, -0.15) is 37.0 Å². The quantitative estimate of drug-likeness (QED) is 0.250. The lowest BCUT2D eigenvalue weighted by molar-refractivity contribution is -0.289. The predicted molar refractivity (Wildman–Crippen MR) is 142 cm³/mol. The Hall–Kier alpha value is -4.69. The molecule has 0 atom stereocenters. The van der Waals surface area contributed by atoms with Crippen molar-refractivity contribution in [1.29, 1.82) is 5.26 Å². The molecule has 5 rings (SSSR count). The minimum Gasteiger partial charge on any atom is -0.310 e. The second-order valence-electron chi connectivity index (χ2n) is 9.02. The van der Waals surface area contributed by atoms with Gasteiger partial charge in [0.2, 0.25) is 0 Å². The maximum Gasteiger partial charge on any atom is 0.458 e. The average molecular weight is 639 g/mol. The summed E-state index contributed by atoms with van der Waals surface area (Å²) in [6.07, 6.45) is -4.39. The molecule has 43 heavy (non-hydrogen) atoms. The summed E-state index contributed by atoms with van der Waals surface area (Å²) in [5.41, 5.74) is -2.62. The third kappa shape index (κ3) is 4.91. The fourth-order valence-electron chi connectivity index (χ4n) is 4.13. The third-order valence-corrected chi connectivity index (χ3v) is 8.51. The zero-order chi connectivity index (χ0) is 31.5. The second-order valence-corrected chi connectivity index (χ2v) is 11.7. The van der Waals surface area contributed by atoms with E-state index >= 15 is 0 Å². The maximum absolute atomic E-state index is 14.0. The molecule has 0 aliphatic rings. The van der Waals surface area contributed by atoms with Crippen molar-refractivity contribution < 1.29 is 30.4 Å². The highest BCUT2D eigenvalue weighted by Crippen LogP contribution is 2.44. The van der Waals surface area contributed by atoms with Crippen LogP contribution in [-0.4, -0.2) is 54.2 Å². The summed E-state index contributed by atoms with van der Waals surface area (Å²) in [6, 6.07) is 8.98. The van der Waals surface area contributed by atoms with E-state index in [1.165, 1.54) is 42.8 Å². The summed E-state index contributed by atoms with van der Waals surface area (Å²) in [6.45, 7) is 1.36. The van der Waals surface area contributed by atoms with E-state index in [-0.39, 0.29) is 55.4 Å². The Morgan fingerprint density at radius 1 is 1.07 bits per heavy atom. The lowest BCUT2D eigenvalue weighted by atomic mass is 10.1. The maximum atomic E-state index is 14.0. The summed E-state index contributed by atoms with van der Waals surface area (Å²) < 4.78 is 95.9. The van der Waals surface area contributed by atoms with Crippen LogP contribution in [-0.2, 0) is 22.8 Å². The molecule has 4 heterocycles. The Morgan fingerprint density at radius 2 is 1.79 bits per heavy atom. The van der Waals surface area contributed by atoms with Crippen LogP contribution in [0.25, 0.3) is 34.2 Å². The molecule has 0 amide bonds. The van der Waals surface area contributed by atoms with E-state index in [1.807, 2.05) is 6.07 Å². The molecule has 0 aliphatic carbocycles. The van der Waals surface area contributed by atoms with Gasteiger partial charge in [-0.05, 0) is 36.4 Å². The first-order chi connectivity index (χ1) is 20.1. The number of alkyl halides is 5. The molecule has 222 valence electrons. The lowest BCUT2D eigenvalue weighted by Gasteiger charge is -2.19. The molecule has 0 bridgehead atoms. The fraction of sp³-hybridized carbons (Fsp3) is 0.200.